The fraction of sp³-hybridized carbons (Fsp3) is 0. The number of benzene rings is 8. The summed E-state index contributed by atoms with van der Waals surface area (Å²) in [7, 11) is 0. The van der Waals surface area contributed by atoms with Crippen LogP contribution in [0.25, 0.3) is 94.2 Å². The van der Waals surface area contributed by atoms with Crippen molar-refractivity contribution in [2.45, 2.75) is 0 Å². The normalized spacial score (nSPS) is 12.0. The van der Waals surface area contributed by atoms with Crippen molar-refractivity contribution in [2.24, 2.45) is 0 Å². The summed E-state index contributed by atoms with van der Waals surface area (Å²) in [4.78, 5) is 7.40. The van der Waals surface area contributed by atoms with Gasteiger partial charge in [0.05, 0.1) is 10.2 Å². The van der Waals surface area contributed by atoms with Crippen molar-refractivity contribution in [3.8, 4) is 21.7 Å². The number of hydrogen-bond donors (Lipinski definition) is 0. The molecule has 12 rings (SSSR count). The summed E-state index contributed by atoms with van der Waals surface area (Å²) in [6.07, 6.45) is 0. The molecule has 8 aromatic carbocycles. The second kappa shape index (κ2) is 12.1. The number of fused-ring (bicyclic) bond motifs is 11. The largest absolute Gasteiger partial charge is 0.455 e. The lowest BCUT2D eigenvalue weighted by Crippen LogP contribution is -2.09. The molecule has 4 heterocycles. The molecule has 0 atom stereocenters. The Kier molecular flexibility index (Phi) is 6.84. The molecule has 55 heavy (non-hydrogen) atoms. The second-order valence-electron chi connectivity index (χ2n) is 13.9. The zero-order chi connectivity index (χ0) is 36.0. The molecule has 0 aliphatic carbocycles. The van der Waals surface area contributed by atoms with E-state index in [1.54, 1.807) is 11.3 Å². The SMILES string of the molecule is c1ccc(-c2nc3ccc4oc5c(-c6ccc(N(c7ccc8c(c7)sc7ccccc78)c7ccc8sc9ccccc9c8c7)cc6)cccc5c4c3s2)cc1. The third-order valence-corrected chi connectivity index (χ3v) is 14.1. The van der Waals surface area contributed by atoms with E-state index in [0.29, 0.717) is 0 Å². The number of thiophene rings is 2. The first kappa shape index (κ1) is 31.1. The highest BCUT2D eigenvalue weighted by atomic mass is 32.1. The van der Waals surface area contributed by atoms with Crippen molar-refractivity contribution in [2.75, 3.05) is 4.90 Å². The standard InChI is InChI=1S/C49H28N2OS3/c1-2-9-30(10-3-1)49-50-40-24-25-41-46(48(40)55-49)38-14-8-13-34(47(38)52-41)29-17-19-31(20-18-29)51(32-22-26-44-39(27-32)36-12-5-7-16-43(36)53-44)33-21-23-37-35-11-4-6-15-42(35)54-45(37)28-33/h1-28H. The van der Waals surface area contributed by atoms with E-state index in [1.165, 1.54) is 40.3 Å². The van der Waals surface area contributed by atoms with Crippen molar-refractivity contribution in [1.82, 2.24) is 4.98 Å². The van der Waals surface area contributed by atoms with Crippen molar-refractivity contribution >= 4 is 124 Å². The van der Waals surface area contributed by atoms with E-state index in [0.717, 1.165) is 70.9 Å². The van der Waals surface area contributed by atoms with Crippen LogP contribution in [0.5, 0.6) is 0 Å². The van der Waals surface area contributed by atoms with E-state index >= 15 is 0 Å². The summed E-state index contributed by atoms with van der Waals surface area (Å²) in [5.41, 5.74) is 9.45. The van der Waals surface area contributed by atoms with Crippen LogP contribution in [-0.2, 0) is 0 Å². The number of hydrogen-bond acceptors (Lipinski definition) is 6. The molecule has 12 aromatic rings. The maximum Gasteiger partial charge on any atom is 0.143 e. The van der Waals surface area contributed by atoms with Gasteiger partial charge in [-0.3, -0.25) is 0 Å². The van der Waals surface area contributed by atoms with Gasteiger partial charge in [-0.25, -0.2) is 4.98 Å². The van der Waals surface area contributed by atoms with E-state index in [1.807, 2.05) is 28.7 Å². The van der Waals surface area contributed by atoms with Gasteiger partial charge in [-0.1, -0.05) is 103 Å². The molecule has 0 aliphatic rings. The molecule has 0 bridgehead atoms. The van der Waals surface area contributed by atoms with E-state index in [9.17, 15) is 0 Å². The molecule has 0 spiro atoms. The van der Waals surface area contributed by atoms with Crippen molar-refractivity contribution in [3.63, 3.8) is 0 Å². The highest BCUT2D eigenvalue weighted by Crippen LogP contribution is 2.45. The van der Waals surface area contributed by atoms with Gasteiger partial charge in [0, 0.05) is 79.3 Å². The van der Waals surface area contributed by atoms with E-state index in [4.69, 9.17) is 9.40 Å². The number of anilines is 3. The van der Waals surface area contributed by atoms with E-state index in [-0.39, 0.29) is 0 Å². The molecule has 0 radical (unpaired) electrons. The van der Waals surface area contributed by atoms with Crippen molar-refractivity contribution in [1.29, 1.82) is 0 Å². The summed E-state index contributed by atoms with van der Waals surface area (Å²) in [5.74, 6) is 0. The maximum absolute atomic E-state index is 6.68. The van der Waals surface area contributed by atoms with Crippen molar-refractivity contribution < 1.29 is 4.42 Å². The molecule has 6 heteroatoms. The minimum absolute atomic E-state index is 0.883. The lowest BCUT2D eigenvalue weighted by molar-refractivity contribution is 0.670. The summed E-state index contributed by atoms with van der Waals surface area (Å²) in [6.45, 7) is 0. The first-order valence-corrected chi connectivity index (χ1v) is 20.7. The van der Waals surface area contributed by atoms with Crippen LogP contribution < -0.4 is 4.90 Å². The molecule has 0 amide bonds. The average Bonchev–Trinajstić information content (AvgIpc) is 4.02. The first-order chi connectivity index (χ1) is 27.2. The van der Waals surface area contributed by atoms with Crippen LogP contribution >= 0.6 is 34.0 Å². The van der Waals surface area contributed by atoms with Crippen LogP contribution in [0.4, 0.5) is 17.1 Å². The number of nitrogens with zero attached hydrogens (tertiary/aromatic N) is 2. The summed E-state index contributed by atoms with van der Waals surface area (Å²) < 4.78 is 13.0. The van der Waals surface area contributed by atoms with Crippen LogP contribution in [0.2, 0.25) is 0 Å². The van der Waals surface area contributed by atoms with Gasteiger partial charge in [-0.15, -0.1) is 34.0 Å². The van der Waals surface area contributed by atoms with Gasteiger partial charge >= 0.3 is 0 Å². The summed E-state index contributed by atoms with van der Waals surface area (Å²) in [6, 6.07) is 61.2. The molecular formula is C49H28N2OS3. The third-order valence-electron chi connectivity index (χ3n) is 10.7. The van der Waals surface area contributed by atoms with Crippen LogP contribution in [0.1, 0.15) is 0 Å². The Morgan fingerprint density at radius 2 is 1.09 bits per heavy atom. The predicted octanol–water partition coefficient (Wildman–Crippen LogP) is 15.7. The molecule has 0 saturated carbocycles. The fourth-order valence-electron chi connectivity index (χ4n) is 8.14. The van der Waals surface area contributed by atoms with Gasteiger partial charge in [-0.2, -0.15) is 0 Å². The number of aromatic nitrogens is 1. The van der Waals surface area contributed by atoms with Crippen LogP contribution in [0, 0.1) is 0 Å². The van der Waals surface area contributed by atoms with Gasteiger partial charge in [0.1, 0.15) is 16.2 Å². The van der Waals surface area contributed by atoms with Crippen LogP contribution in [-0.4, -0.2) is 4.98 Å². The highest BCUT2D eigenvalue weighted by molar-refractivity contribution is 7.26. The lowest BCUT2D eigenvalue weighted by atomic mass is 10.0. The highest BCUT2D eigenvalue weighted by Gasteiger charge is 2.20. The lowest BCUT2D eigenvalue weighted by Gasteiger charge is -2.26. The van der Waals surface area contributed by atoms with Gasteiger partial charge in [-0.05, 0) is 72.3 Å². The Balaban J connectivity index is 0.997. The minimum atomic E-state index is 0.883. The Bertz CT molecular complexity index is 3440. The predicted molar refractivity (Wildman–Crippen MR) is 238 cm³/mol. The van der Waals surface area contributed by atoms with Crippen molar-refractivity contribution in [3.05, 3.63) is 170 Å². The van der Waals surface area contributed by atoms with E-state index < -0.39 is 0 Å². The van der Waals surface area contributed by atoms with Gasteiger partial charge in [0.2, 0.25) is 0 Å². The first-order valence-electron chi connectivity index (χ1n) is 18.3. The zero-order valence-electron chi connectivity index (χ0n) is 29.2. The topological polar surface area (TPSA) is 29.3 Å². The fourth-order valence-corrected chi connectivity index (χ4v) is 11.5. The Morgan fingerprint density at radius 3 is 1.93 bits per heavy atom. The quantitative estimate of drug-likeness (QED) is 0.175. The van der Waals surface area contributed by atoms with Crippen LogP contribution in [0.3, 0.4) is 0 Å². The summed E-state index contributed by atoms with van der Waals surface area (Å²) in [5, 5.41) is 8.44. The zero-order valence-corrected chi connectivity index (χ0v) is 31.6. The molecule has 0 saturated heterocycles. The Morgan fingerprint density at radius 1 is 0.436 bits per heavy atom. The molecule has 0 aliphatic heterocycles. The van der Waals surface area contributed by atoms with E-state index in [2.05, 4.69) is 169 Å². The molecule has 4 aromatic heterocycles. The number of rotatable bonds is 5. The van der Waals surface area contributed by atoms with Gasteiger partial charge in [0.15, 0.2) is 0 Å². The second-order valence-corrected chi connectivity index (χ2v) is 17.1. The van der Waals surface area contributed by atoms with Crippen LogP contribution in [0.15, 0.2) is 174 Å². The van der Waals surface area contributed by atoms with Gasteiger partial charge < -0.3 is 9.32 Å². The number of para-hydroxylation sites is 1. The molecule has 0 unspecified atom stereocenters. The molecular weight excluding hydrogens is 729 g/mol. The third kappa shape index (κ3) is 4.89. The summed E-state index contributed by atoms with van der Waals surface area (Å²) >= 11 is 5.44. The molecule has 3 nitrogen and oxygen atoms in total. The Hall–Kier alpha value is -6.31. The smallest absolute Gasteiger partial charge is 0.143 e. The monoisotopic (exact) mass is 756 g/mol. The number of furan rings is 1. The average molecular weight is 757 g/mol. The number of thiazole rings is 1. The molecule has 258 valence electrons. The van der Waals surface area contributed by atoms with Gasteiger partial charge in [0.25, 0.3) is 0 Å². The Labute approximate surface area is 327 Å². The minimum Gasteiger partial charge on any atom is -0.455 e. The maximum atomic E-state index is 6.68. The molecule has 0 N–H and O–H groups in total. The molecule has 0 fully saturated rings.